The van der Waals surface area contributed by atoms with Crippen molar-refractivity contribution >= 4 is 5.97 Å². The quantitative estimate of drug-likeness (QED) is 0.451. The van der Waals surface area contributed by atoms with E-state index in [9.17, 15) is 4.79 Å². The lowest BCUT2D eigenvalue weighted by Crippen LogP contribution is -2.13. The van der Waals surface area contributed by atoms with Crippen LogP contribution in [0, 0.1) is 17.3 Å². The number of rotatable bonds is 3. The lowest BCUT2D eigenvalue weighted by molar-refractivity contribution is -0.136. The molecule has 2 unspecified atom stereocenters. The third-order valence-corrected chi connectivity index (χ3v) is 3.53. The average molecular weight is 230 g/mol. The van der Waals surface area contributed by atoms with Gasteiger partial charge in [-0.3, -0.25) is 4.79 Å². The maximum atomic E-state index is 12.0. The first-order valence-electron chi connectivity index (χ1n) is 5.97. The maximum Gasteiger partial charge on any atom is 0.315 e. The Hall–Kier alpha value is -1.57. The molecule has 0 amide bonds. The summed E-state index contributed by atoms with van der Waals surface area (Å²) >= 11 is 0. The molecule has 0 aliphatic heterocycles. The highest BCUT2D eigenvalue weighted by molar-refractivity contribution is 5.80. The molecule has 2 nitrogen and oxygen atoms in total. The Kier molecular flexibility index (Phi) is 3.05. The number of benzene rings is 1. The van der Waals surface area contributed by atoms with E-state index in [2.05, 4.69) is 19.9 Å². The number of para-hydroxylation sites is 1. The van der Waals surface area contributed by atoms with Gasteiger partial charge in [-0.15, -0.1) is 0 Å². The Morgan fingerprint density at radius 2 is 1.94 bits per heavy atom. The Bertz CT molecular complexity index is 431. The van der Waals surface area contributed by atoms with Crippen molar-refractivity contribution < 1.29 is 9.53 Å². The zero-order chi connectivity index (χ0) is 12.5. The summed E-state index contributed by atoms with van der Waals surface area (Å²) < 4.78 is 5.38. The van der Waals surface area contributed by atoms with Crippen molar-refractivity contribution in [3.63, 3.8) is 0 Å². The lowest BCUT2D eigenvalue weighted by Gasteiger charge is -2.04. The molecule has 0 spiro atoms. The van der Waals surface area contributed by atoms with Gasteiger partial charge >= 0.3 is 5.97 Å². The molecule has 17 heavy (non-hydrogen) atoms. The first-order chi connectivity index (χ1) is 8.07. The van der Waals surface area contributed by atoms with E-state index < -0.39 is 0 Å². The fraction of sp³-hybridized carbons (Fsp3) is 0.400. The number of carbonyl (C=O) groups excluding carboxylic acids is 1. The minimum absolute atomic E-state index is 0.0149. The van der Waals surface area contributed by atoms with Gasteiger partial charge in [0.25, 0.3) is 0 Å². The predicted octanol–water partition coefficient (Wildman–Crippen LogP) is 3.44. The molecule has 1 aliphatic rings. The van der Waals surface area contributed by atoms with E-state index in [1.165, 1.54) is 0 Å². The van der Waals surface area contributed by atoms with Gasteiger partial charge in [0.05, 0.1) is 5.92 Å². The standard InChI is InChI=1S/C15H18O2/c1-4-8-12-13(15(12,2)3)14(16)17-11-9-6-5-7-10-11/h4-10,12-13H,1-3H3/b8-4-. The molecule has 0 N–H and O–H groups in total. The molecule has 2 atom stereocenters. The van der Waals surface area contributed by atoms with E-state index in [-0.39, 0.29) is 17.3 Å². The molecule has 2 rings (SSSR count). The van der Waals surface area contributed by atoms with E-state index in [4.69, 9.17) is 4.74 Å². The molecule has 1 aromatic rings. The summed E-state index contributed by atoms with van der Waals surface area (Å²) in [7, 11) is 0. The van der Waals surface area contributed by atoms with Gasteiger partial charge in [0, 0.05) is 0 Å². The Morgan fingerprint density at radius 1 is 1.29 bits per heavy atom. The first-order valence-corrected chi connectivity index (χ1v) is 5.97. The summed E-state index contributed by atoms with van der Waals surface area (Å²) in [6.45, 7) is 6.19. The SMILES string of the molecule is C/C=C\C1C(C(=O)Oc2ccccc2)C1(C)C. The van der Waals surface area contributed by atoms with Crippen LogP contribution in [0.3, 0.4) is 0 Å². The molecule has 0 heterocycles. The molecule has 1 fully saturated rings. The Balaban J connectivity index is 2.03. The monoisotopic (exact) mass is 230 g/mol. The van der Waals surface area contributed by atoms with E-state index >= 15 is 0 Å². The van der Waals surface area contributed by atoms with Crippen molar-refractivity contribution in [2.75, 3.05) is 0 Å². The highest BCUT2D eigenvalue weighted by atomic mass is 16.5. The van der Waals surface area contributed by atoms with Gasteiger partial charge in [0.2, 0.25) is 0 Å². The highest BCUT2D eigenvalue weighted by Gasteiger charge is 2.61. The molecular formula is C15H18O2. The van der Waals surface area contributed by atoms with Gasteiger partial charge in [-0.2, -0.15) is 0 Å². The molecule has 2 heteroatoms. The number of hydrogen-bond donors (Lipinski definition) is 0. The van der Waals surface area contributed by atoms with E-state index in [0.29, 0.717) is 11.7 Å². The van der Waals surface area contributed by atoms with E-state index in [1.807, 2.05) is 31.2 Å². The molecule has 0 aromatic heterocycles. The second-order valence-corrected chi connectivity index (χ2v) is 5.08. The van der Waals surface area contributed by atoms with Gasteiger partial charge in [0.1, 0.15) is 5.75 Å². The van der Waals surface area contributed by atoms with Gasteiger partial charge in [0.15, 0.2) is 0 Å². The van der Waals surface area contributed by atoms with Crippen molar-refractivity contribution in [2.24, 2.45) is 17.3 Å². The summed E-state index contributed by atoms with van der Waals surface area (Å²) in [4.78, 5) is 12.0. The smallest absolute Gasteiger partial charge is 0.315 e. The maximum absolute atomic E-state index is 12.0. The van der Waals surface area contributed by atoms with Gasteiger partial charge in [-0.25, -0.2) is 0 Å². The van der Waals surface area contributed by atoms with Crippen LogP contribution in [0.15, 0.2) is 42.5 Å². The normalized spacial score (nSPS) is 25.8. The van der Waals surface area contributed by atoms with Crippen LogP contribution in [0.25, 0.3) is 0 Å². The first kappa shape index (κ1) is 11.9. The topological polar surface area (TPSA) is 26.3 Å². The van der Waals surface area contributed by atoms with Crippen molar-refractivity contribution in [1.82, 2.24) is 0 Å². The summed E-state index contributed by atoms with van der Waals surface area (Å²) in [6, 6.07) is 9.24. The summed E-state index contributed by atoms with van der Waals surface area (Å²) in [5.74, 6) is 0.798. The fourth-order valence-corrected chi connectivity index (χ4v) is 2.36. The Morgan fingerprint density at radius 3 is 2.53 bits per heavy atom. The van der Waals surface area contributed by atoms with Gasteiger partial charge in [-0.1, -0.05) is 44.2 Å². The van der Waals surface area contributed by atoms with Crippen LogP contribution in [0.5, 0.6) is 5.75 Å². The van der Waals surface area contributed by atoms with Crippen molar-refractivity contribution in [3.05, 3.63) is 42.5 Å². The van der Waals surface area contributed by atoms with Gasteiger partial charge < -0.3 is 4.74 Å². The van der Waals surface area contributed by atoms with Gasteiger partial charge in [-0.05, 0) is 30.4 Å². The van der Waals surface area contributed by atoms with Crippen LogP contribution in [-0.4, -0.2) is 5.97 Å². The molecular weight excluding hydrogens is 212 g/mol. The minimum Gasteiger partial charge on any atom is -0.426 e. The Labute approximate surface area is 102 Å². The second-order valence-electron chi connectivity index (χ2n) is 5.08. The van der Waals surface area contributed by atoms with Crippen LogP contribution in [0.1, 0.15) is 20.8 Å². The number of hydrogen-bond acceptors (Lipinski definition) is 2. The molecule has 90 valence electrons. The van der Waals surface area contributed by atoms with E-state index in [0.717, 1.165) is 0 Å². The molecule has 1 aromatic carbocycles. The van der Waals surface area contributed by atoms with Crippen molar-refractivity contribution in [2.45, 2.75) is 20.8 Å². The largest absolute Gasteiger partial charge is 0.426 e. The summed E-state index contributed by atoms with van der Waals surface area (Å²) in [5, 5.41) is 0. The molecule has 1 aliphatic carbocycles. The molecule has 0 radical (unpaired) electrons. The van der Waals surface area contributed by atoms with Crippen LogP contribution < -0.4 is 4.74 Å². The third kappa shape index (κ3) is 2.26. The van der Waals surface area contributed by atoms with E-state index in [1.54, 1.807) is 12.1 Å². The third-order valence-electron chi connectivity index (χ3n) is 3.53. The zero-order valence-corrected chi connectivity index (χ0v) is 10.5. The zero-order valence-electron chi connectivity index (χ0n) is 10.5. The number of esters is 1. The predicted molar refractivity (Wildman–Crippen MR) is 67.7 cm³/mol. The highest BCUT2D eigenvalue weighted by Crippen LogP contribution is 2.59. The average Bonchev–Trinajstić information content (AvgIpc) is 2.82. The summed E-state index contributed by atoms with van der Waals surface area (Å²) in [5.41, 5.74) is 0.0262. The number of allylic oxidation sites excluding steroid dienone is 2. The van der Waals surface area contributed by atoms with Crippen molar-refractivity contribution in [3.8, 4) is 5.75 Å². The molecule has 0 saturated heterocycles. The molecule has 0 bridgehead atoms. The van der Waals surface area contributed by atoms with Crippen molar-refractivity contribution in [1.29, 1.82) is 0 Å². The lowest BCUT2D eigenvalue weighted by atomic mass is 10.1. The number of ether oxygens (including phenoxy) is 1. The van der Waals surface area contributed by atoms with Crippen LogP contribution in [-0.2, 0) is 4.79 Å². The van der Waals surface area contributed by atoms with Crippen LogP contribution in [0.2, 0.25) is 0 Å². The second kappa shape index (κ2) is 4.36. The summed E-state index contributed by atoms with van der Waals surface area (Å²) in [6.07, 6.45) is 4.10. The van der Waals surface area contributed by atoms with Crippen LogP contribution >= 0.6 is 0 Å². The fourth-order valence-electron chi connectivity index (χ4n) is 2.36. The van der Waals surface area contributed by atoms with Crippen LogP contribution in [0.4, 0.5) is 0 Å². The minimum atomic E-state index is -0.121. The number of carbonyl (C=O) groups is 1. The molecule has 1 saturated carbocycles.